The summed E-state index contributed by atoms with van der Waals surface area (Å²) in [7, 11) is 0. The third-order valence-corrected chi connectivity index (χ3v) is 5.54. The first kappa shape index (κ1) is 15.1. The maximum atomic E-state index is 12.7. The van der Waals surface area contributed by atoms with Crippen LogP contribution in [0, 0.1) is 0 Å². The number of nitrogens with zero attached hydrogens (tertiary/aromatic N) is 1. The van der Waals surface area contributed by atoms with Gasteiger partial charge in [0.1, 0.15) is 0 Å². The van der Waals surface area contributed by atoms with Gasteiger partial charge in [-0.05, 0) is 43.7 Å². The van der Waals surface area contributed by atoms with Gasteiger partial charge in [-0.2, -0.15) is 0 Å². The Balaban J connectivity index is 1.60. The van der Waals surface area contributed by atoms with Crippen molar-refractivity contribution in [1.29, 1.82) is 0 Å². The SMILES string of the molecule is O=C(CCc1ccccc1Br)N(C1CCCCC1)C1CC1. The van der Waals surface area contributed by atoms with Crippen molar-refractivity contribution in [3.63, 3.8) is 0 Å². The fourth-order valence-electron chi connectivity index (χ4n) is 3.49. The molecule has 0 aromatic heterocycles. The van der Waals surface area contributed by atoms with Crippen LogP contribution in [0.15, 0.2) is 28.7 Å². The topological polar surface area (TPSA) is 20.3 Å². The predicted molar refractivity (Wildman–Crippen MR) is 89.2 cm³/mol. The number of hydrogen-bond acceptors (Lipinski definition) is 1. The average Bonchev–Trinajstić information content (AvgIpc) is 3.32. The molecule has 1 amide bonds. The molecule has 0 heterocycles. The summed E-state index contributed by atoms with van der Waals surface area (Å²) in [5.74, 6) is 0.375. The Morgan fingerprint density at radius 2 is 1.71 bits per heavy atom. The van der Waals surface area contributed by atoms with Crippen molar-refractivity contribution in [3.05, 3.63) is 34.3 Å². The highest BCUT2D eigenvalue weighted by Crippen LogP contribution is 2.34. The van der Waals surface area contributed by atoms with Crippen LogP contribution < -0.4 is 0 Å². The smallest absolute Gasteiger partial charge is 0.223 e. The summed E-state index contributed by atoms with van der Waals surface area (Å²) in [5, 5.41) is 0. The Morgan fingerprint density at radius 3 is 2.38 bits per heavy atom. The van der Waals surface area contributed by atoms with Crippen LogP contribution in [0.1, 0.15) is 56.9 Å². The quantitative estimate of drug-likeness (QED) is 0.753. The van der Waals surface area contributed by atoms with E-state index in [9.17, 15) is 4.79 Å². The molecule has 0 radical (unpaired) electrons. The van der Waals surface area contributed by atoms with Crippen LogP contribution in [0.2, 0.25) is 0 Å². The van der Waals surface area contributed by atoms with Crippen molar-refractivity contribution in [2.75, 3.05) is 0 Å². The van der Waals surface area contributed by atoms with Gasteiger partial charge in [-0.15, -0.1) is 0 Å². The van der Waals surface area contributed by atoms with Gasteiger partial charge in [-0.3, -0.25) is 4.79 Å². The lowest BCUT2D eigenvalue weighted by Crippen LogP contribution is -2.43. The van der Waals surface area contributed by atoms with Gasteiger partial charge in [-0.1, -0.05) is 53.4 Å². The lowest BCUT2D eigenvalue weighted by molar-refractivity contribution is -0.134. The summed E-state index contributed by atoms with van der Waals surface area (Å²) in [6.45, 7) is 0. The normalized spacial score (nSPS) is 19.5. The van der Waals surface area contributed by atoms with E-state index in [1.54, 1.807) is 0 Å². The van der Waals surface area contributed by atoms with Crippen LogP contribution in [0.3, 0.4) is 0 Å². The first-order valence-electron chi connectivity index (χ1n) is 8.30. The second kappa shape index (κ2) is 6.95. The number of rotatable bonds is 5. The third kappa shape index (κ3) is 3.88. The van der Waals surface area contributed by atoms with Crippen molar-refractivity contribution >= 4 is 21.8 Å². The largest absolute Gasteiger partial charge is 0.337 e. The molecule has 0 saturated heterocycles. The van der Waals surface area contributed by atoms with E-state index in [2.05, 4.69) is 33.0 Å². The fourth-order valence-corrected chi connectivity index (χ4v) is 3.97. The molecule has 3 rings (SSSR count). The maximum absolute atomic E-state index is 12.7. The summed E-state index contributed by atoms with van der Waals surface area (Å²) < 4.78 is 1.12. The highest BCUT2D eigenvalue weighted by molar-refractivity contribution is 9.10. The van der Waals surface area contributed by atoms with Crippen LogP contribution in [-0.2, 0) is 11.2 Å². The van der Waals surface area contributed by atoms with Gasteiger partial charge in [0, 0.05) is 23.0 Å². The van der Waals surface area contributed by atoms with E-state index in [1.165, 1.54) is 50.5 Å². The third-order valence-electron chi connectivity index (χ3n) is 4.76. The van der Waals surface area contributed by atoms with E-state index in [0.717, 1.165) is 10.9 Å². The minimum Gasteiger partial charge on any atom is -0.337 e. The number of amides is 1. The Morgan fingerprint density at radius 1 is 1.05 bits per heavy atom. The molecular formula is C18H24BrNO. The molecule has 1 aromatic rings. The lowest BCUT2D eigenvalue weighted by atomic mass is 9.93. The summed E-state index contributed by atoms with van der Waals surface area (Å²) >= 11 is 3.58. The first-order chi connectivity index (χ1) is 10.3. The van der Waals surface area contributed by atoms with Crippen LogP contribution in [-0.4, -0.2) is 22.9 Å². The summed E-state index contributed by atoms with van der Waals surface area (Å²) in [4.78, 5) is 15.0. The van der Waals surface area contributed by atoms with E-state index < -0.39 is 0 Å². The number of halogens is 1. The fraction of sp³-hybridized carbons (Fsp3) is 0.611. The van der Waals surface area contributed by atoms with Gasteiger partial charge in [0.25, 0.3) is 0 Å². The van der Waals surface area contributed by atoms with Crippen molar-refractivity contribution < 1.29 is 4.79 Å². The van der Waals surface area contributed by atoms with E-state index >= 15 is 0 Å². The lowest BCUT2D eigenvalue weighted by Gasteiger charge is -2.34. The molecule has 3 heteroatoms. The zero-order chi connectivity index (χ0) is 14.7. The van der Waals surface area contributed by atoms with Gasteiger partial charge >= 0.3 is 0 Å². The average molecular weight is 350 g/mol. The van der Waals surface area contributed by atoms with Gasteiger partial charge in [0.2, 0.25) is 5.91 Å². The number of aryl methyl sites for hydroxylation is 1. The monoisotopic (exact) mass is 349 g/mol. The zero-order valence-electron chi connectivity index (χ0n) is 12.6. The second-order valence-corrected chi connectivity index (χ2v) is 7.27. The molecular weight excluding hydrogens is 326 g/mol. The molecule has 0 aliphatic heterocycles. The van der Waals surface area contributed by atoms with Crippen molar-refractivity contribution in [1.82, 2.24) is 4.90 Å². The van der Waals surface area contributed by atoms with E-state index in [-0.39, 0.29) is 0 Å². The van der Waals surface area contributed by atoms with E-state index in [0.29, 0.717) is 24.4 Å². The highest BCUT2D eigenvalue weighted by atomic mass is 79.9. The Kier molecular flexibility index (Phi) is 4.99. The van der Waals surface area contributed by atoms with Crippen LogP contribution in [0.4, 0.5) is 0 Å². The van der Waals surface area contributed by atoms with E-state index in [1.807, 2.05) is 12.1 Å². The Bertz CT molecular complexity index is 492. The standard InChI is InChI=1S/C18H24BrNO/c19-17-9-5-4-6-14(17)10-13-18(21)20(16-11-12-16)15-7-2-1-3-8-15/h4-6,9,15-16H,1-3,7-8,10-13H2. The first-order valence-corrected chi connectivity index (χ1v) is 9.09. The molecule has 2 aliphatic carbocycles. The van der Waals surface area contributed by atoms with Crippen LogP contribution in [0.25, 0.3) is 0 Å². The van der Waals surface area contributed by atoms with Crippen molar-refractivity contribution in [2.24, 2.45) is 0 Å². The molecule has 0 atom stereocenters. The summed E-state index contributed by atoms with van der Waals surface area (Å²) in [5.41, 5.74) is 1.24. The molecule has 2 fully saturated rings. The molecule has 2 saturated carbocycles. The zero-order valence-corrected chi connectivity index (χ0v) is 14.1. The molecule has 0 N–H and O–H groups in total. The van der Waals surface area contributed by atoms with E-state index in [4.69, 9.17) is 0 Å². The van der Waals surface area contributed by atoms with Crippen molar-refractivity contribution in [3.8, 4) is 0 Å². The molecule has 0 bridgehead atoms. The second-order valence-electron chi connectivity index (χ2n) is 6.42. The number of carbonyl (C=O) groups is 1. The molecule has 21 heavy (non-hydrogen) atoms. The Labute approximate surface area is 136 Å². The van der Waals surface area contributed by atoms with Crippen LogP contribution >= 0.6 is 15.9 Å². The van der Waals surface area contributed by atoms with Gasteiger partial charge in [0.15, 0.2) is 0 Å². The van der Waals surface area contributed by atoms with Gasteiger partial charge < -0.3 is 4.90 Å². The summed E-state index contributed by atoms with van der Waals surface area (Å²) in [6, 6.07) is 9.31. The molecule has 2 aliphatic rings. The minimum absolute atomic E-state index is 0.375. The molecule has 2 nitrogen and oxygen atoms in total. The molecule has 114 valence electrons. The molecule has 1 aromatic carbocycles. The number of benzene rings is 1. The van der Waals surface area contributed by atoms with Gasteiger partial charge in [0.05, 0.1) is 0 Å². The predicted octanol–water partition coefficient (Wildman–Crippen LogP) is 4.71. The minimum atomic E-state index is 0.375. The van der Waals surface area contributed by atoms with Crippen LogP contribution in [0.5, 0.6) is 0 Å². The number of hydrogen-bond donors (Lipinski definition) is 0. The Hall–Kier alpha value is -0.830. The van der Waals surface area contributed by atoms with Gasteiger partial charge in [-0.25, -0.2) is 0 Å². The van der Waals surface area contributed by atoms with Crippen molar-refractivity contribution in [2.45, 2.75) is 69.9 Å². The summed E-state index contributed by atoms with van der Waals surface area (Å²) in [6.07, 6.45) is 10.3. The number of carbonyl (C=O) groups excluding carboxylic acids is 1. The maximum Gasteiger partial charge on any atom is 0.223 e. The highest BCUT2D eigenvalue weighted by Gasteiger charge is 2.37. The molecule has 0 spiro atoms. The molecule has 0 unspecified atom stereocenters.